The minimum Gasteiger partial charge on any atom is -0.345 e. The molecule has 1 aromatic carbocycles. The van der Waals surface area contributed by atoms with Gasteiger partial charge >= 0.3 is 0 Å². The number of nitrogens with one attached hydrogen (secondary N) is 2. The van der Waals surface area contributed by atoms with Crippen molar-refractivity contribution < 1.29 is 13.6 Å². The van der Waals surface area contributed by atoms with Crippen LogP contribution in [0.2, 0.25) is 0 Å². The van der Waals surface area contributed by atoms with Crippen molar-refractivity contribution in [3.63, 3.8) is 0 Å². The number of allylic oxidation sites excluding steroid dienone is 2. The van der Waals surface area contributed by atoms with Crippen LogP contribution in [-0.2, 0) is 13.5 Å². The van der Waals surface area contributed by atoms with E-state index in [4.69, 9.17) is 0 Å². The summed E-state index contributed by atoms with van der Waals surface area (Å²) in [5.74, 6) is -2.28. The zero-order valence-electron chi connectivity index (χ0n) is 15.4. The fourth-order valence-corrected chi connectivity index (χ4v) is 4.04. The van der Waals surface area contributed by atoms with Gasteiger partial charge in [0.15, 0.2) is 11.6 Å². The standard InChI is InChI=1S/C20H23F2N3OS/c1-13-7-5-3-4-6-8-15-18(27-24-13)12-25(2)19(15)20(26)23-14-9-10-16(21)17(22)11-14/h4,6,9-13,24H,3,5,7-8H2,1-2H3,(H,23,26)/b6-4-. The molecule has 144 valence electrons. The van der Waals surface area contributed by atoms with Crippen molar-refractivity contribution in [3.8, 4) is 0 Å². The molecular weight excluding hydrogens is 368 g/mol. The fourth-order valence-electron chi connectivity index (χ4n) is 3.08. The number of anilines is 1. The lowest BCUT2D eigenvalue weighted by atomic mass is 10.1. The number of amides is 1. The van der Waals surface area contributed by atoms with Gasteiger partial charge in [-0.2, -0.15) is 0 Å². The summed E-state index contributed by atoms with van der Waals surface area (Å²) in [4.78, 5) is 13.8. The third-order valence-corrected chi connectivity index (χ3v) is 5.60. The van der Waals surface area contributed by atoms with E-state index in [0.29, 0.717) is 18.2 Å². The maximum Gasteiger partial charge on any atom is 0.272 e. The van der Waals surface area contributed by atoms with Crippen LogP contribution in [0.25, 0.3) is 0 Å². The normalized spacial score (nSPS) is 19.0. The molecule has 1 aliphatic rings. The minimum atomic E-state index is -0.990. The lowest BCUT2D eigenvalue weighted by Crippen LogP contribution is -2.19. The first kappa shape index (κ1) is 19.6. The Morgan fingerprint density at radius 1 is 1.30 bits per heavy atom. The van der Waals surface area contributed by atoms with Crippen molar-refractivity contribution in [2.45, 2.75) is 43.5 Å². The number of nitrogens with zero attached hydrogens (tertiary/aromatic N) is 1. The van der Waals surface area contributed by atoms with E-state index in [-0.39, 0.29) is 11.6 Å². The third-order valence-electron chi connectivity index (χ3n) is 4.51. The molecule has 1 amide bonds. The molecule has 0 radical (unpaired) electrons. The Morgan fingerprint density at radius 3 is 2.89 bits per heavy atom. The number of fused-ring (bicyclic) bond motifs is 1. The maximum atomic E-state index is 13.4. The van der Waals surface area contributed by atoms with Gasteiger partial charge in [0.05, 0.1) is 0 Å². The minimum absolute atomic E-state index is 0.223. The summed E-state index contributed by atoms with van der Waals surface area (Å²) < 4.78 is 31.7. The molecule has 0 saturated heterocycles. The molecule has 4 nitrogen and oxygen atoms in total. The van der Waals surface area contributed by atoms with Gasteiger partial charge in [0.1, 0.15) is 5.69 Å². The largest absolute Gasteiger partial charge is 0.345 e. The number of carbonyl (C=O) groups is 1. The molecule has 3 rings (SSSR count). The van der Waals surface area contributed by atoms with E-state index in [1.807, 2.05) is 13.2 Å². The predicted molar refractivity (Wildman–Crippen MR) is 105 cm³/mol. The number of rotatable bonds is 2. The molecule has 2 heterocycles. The SMILES string of the molecule is CC1CCC/C=C\Cc2c(cn(C)c2C(=O)Nc2ccc(F)c(F)c2)SN1. The molecule has 27 heavy (non-hydrogen) atoms. The topological polar surface area (TPSA) is 46.1 Å². The zero-order valence-corrected chi connectivity index (χ0v) is 16.2. The van der Waals surface area contributed by atoms with Crippen molar-refractivity contribution in [1.29, 1.82) is 0 Å². The van der Waals surface area contributed by atoms with Crippen molar-refractivity contribution >= 4 is 23.5 Å². The summed E-state index contributed by atoms with van der Waals surface area (Å²) in [6.07, 6.45) is 10.0. The highest BCUT2D eigenvalue weighted by molar-refractivity contribution is 7.97. The predicted octanol–water partition coefficient (Wildman–Crippen LogP) is 4.82. The number of hydrogen-bond acceptors (Lipinski definition) is 3. The van der Waals surface area contributed by atoms with Gasteiger partial charge < -0.3 is 9.88 Å². The van der Waals surface area contributed by atoms with E-state index in [1.165, 1.54) is 18.0 Å². The first-order chi connectivity index (χ1) is 13.0. The van der Waals surface area contributed by atoms with Gasteiger partial charge in [0.25, 0.3) is 5.91 Å². The van der Waals surface area contributed by atoms with Crippen LogP contribution >= 0.6 is 11.9 Å². The van der Waals surface area contributed by atoms with Crippen LogP contribution in [-0.4, -0.2) is 16.5 Å². The lowest BCUT2D eigenvalue weighted by molar-refractivity contribution is 0.101. The molecule has 0 saturated carbocycles. The number of benzene rings is 1. The maximum absolute atomic E-state index is 13.4. The van der Waals surface area contributed by atoms with Crippen LogP contribution < -0.4 is 10.0 Å². The summed E-state index contributed by atoms with van der Waals surface area (Å²) in [7, 11) is 1.81. The second kappa shape index (κ2) is 8.71. The van der Waals surface area contributed by atoms with Crippen LogP contribution in [0.5, 0.6) is 0 Å². The van der Waals surface area contributed by atoms with Crippen LogP contribution in [0.1, 0.15) is 42.2 Å². The smallest absolute Gasteiger partial charge is 0.272 e. The molecular formula is C20H23F2N3OS. The number of carbonyl (C=O) groups excluding carboxylic acids is 1. The molecule has 0 aliphatic carbocycles. The molecule has 0 fully saturated rings. The van der Waals surface area contributed by atoms with Crippen LogP contribution in [0.3, 0.4) is 0 Å². The van der Waals surface area contributed by atoms with Crippen molar-refractivity contribution in [2.75, 3.05) is 5.32 Å². The second-order valence-electron chi connectivity index (χ2n) is 6.74. The molecule has 0 spiro atoms. The Labute approximate surface area is 162 Å². The van der Waals surface area contributed by atoms with Crippen molar-refractivity contribution in [3.05, 3.63) is 59.4 Å². The molecule has 2 N–H and O–H groups in total. The molecule has 1 aromatic heterocycles. The van der Waals surface area contributed by atoms with E-state index in [9.17, 15) is 13.6 Å². The van der Waals surface area contributed by atoms with Crippen LogP contribution in [0, 0.1) is 11.6 Å². The highest BCUT2D eigenvalue weighted by atomic mass is 32.2. The first-order valence-electron chi connectivity index (χ1n) is 8.97. The summed E-state index contributed by atoms with van der Waals surface area (Å²) in [5, 5.41) is 2.67. The lowest BCUT2D eigenvalue weighted by Gasteiger charge is -2.12. The molecule has 0 bridgehead atoms. The van der Waals surface area contributed by atoms with Gasteiger partial charge in [-0.1, -0.05) is 12.2 Å². The van der Waals surface area contributed by atoms with E-state index >= 15 is 0 Å². The molecule has 1 unspecified atom stereocenters. The van der Waals surface area contributed by atoms with Gasteiger partial charge in [-0.25, -0.2) is 8.78 Å². The van der Waals surface area contributed by atoms with Gasteiger partial charge in [0, 0.05) is 41.5 Å². The second-order valence-corrected chi connectivity index (χ2v) is 7.62. The Hall–Kier alpha value is -2.12. The van der Waals surface area contributed by atoms with Crippen molar-refractivity contribution in [2.24, 2.45) is 7.05 Å². The fraction of sp³-hybridized carbons (Fsp3) is 0.350. The van der Waals surface area contributed by atoms with Crippen LogP contribution in [0.4, 0.5) is 14.5 Å². The van der Waals surface area contributed by atoms with Gasteiger partial charge in [-0.15, -0.1) is 0 Å². The highest BCUT2D eigenvalue weighted by Crippen LogP contribution is 2.28. The first-order valence-corrected chi connectivity index (χ1v) is 9.79. The zero-order chi connectivity index (χ0) is 19.4. The Balaban J connectivity index is 1.89. The Bertz CT molecular complexity index is 863. The third kappa shape index (κ3) is 4.78. The number of hydrogen-bond donors (Lipinski definition) is 2. The highest BCUT2D eigenvalue weighted by Gasteiger charge is 2.21. The quantitative estimate of drug-likeness (QED) is 0.570. The van der Waals surface area contributed by atoms with Crippen LogP contribution in [0.15, 0.2) is 41.4 Å². The summed E-state index contributed by atoms with van der Waals surface area (Å²) >= 11 is 1.53. The van der Waals surface area contributed by atoms with E-state index in [1.54, 1.807) is 4.57 Å². The number of aromatic nitrogens is 1. The van der Waals surface area contributed by atoms with E-state index < -0.39 is 11.6 Å². The Morgan fingerprint density at radius 2 is 2.11 bits per heavy atom. The molecule has 1 atom stereocenters. The summed E-state index contributed by atoms with van der Waals surface area (Å²) in [6, 6.07) is 3.70. The molecule has 7 heteroatoms. The molecule has 2 aromatic rings. The summed E-state index contributed by atoms with van der Waals surface area (Å²) in [5.41, 5.74) is 1.65. The average Bonchev–Trinajstić information content (AvgIpc) is 2.92. The monoisotopic (exact) mass is 391 g/mol. The number of aryl methyl sites for hydroxylation is 1. The number of halogens is 2. The van der Waals surface area contributed by atoms with E-state index in [2.05, 4.69) is 29.1 Å². The van der Waals surface area contributed by atoms with E-state index in [0.717, 1.165) is 41.9 Å². The Kier molecular flexibility index (Phi) is 6.34. The summed E-state index contributed by atoms with van der Waals surface area (Å²) in [6.45, 7) is 2.15. The van der Waals surface area contributed by atoms with Gasteiger partial charge in [-0.05, 0) is 56.7 Å². The average molecular weight is 391 g/mol. The van der Waals surface area contributed by atoms with Crippen molar-refractivity contribution in [1.82, 2.24) is 9.29 Å². The van der Waals surface area contributed by atoms with Gasteiger partial charge in [-0.3, -0.25) is 9.52 Å². The molecule has 1 aliphatic heterocycles. The van der Waals surface area contributed by atoms with Gasteiger partial charge in [0.2, 0.25) is 0 Å².